The average molecular weight is 542 g/mol. The van der Waals surface area contributed by atoms with Crippen LogP contribution in [0.3, 0.4) is 0 Å². The standard InChI is InChI=1S/C27H30F3N7O2/c1-14-10-11-19(12-15(14)2)37-26(39)22(16(3)34-37)24(27(28,29)30)31-21-9-5-8-20(23(21)38)17-6-4-7-18(13-17)25-32-35-36-33-25/h5,8-12,17-18,24,31,38-39H,4,6-7,13H2,1-3H3,(H,32,33,35,36). The van der Waals surface area contributed by atoms with Gasteiger partial charge in [-0.25, -0.2) is 9.78 Å². The number of alkyl halides is 3. The molecule has 2 heterocycles. The van der Waals surface area contributed by atoms with Gasteiger partial charge in [0.1, 0.15) is 5.75 Å². The lowest BCUT2D eigenvalue weighted by Crippen LogP contribution is -2.28. The number of para-hydroxylation sites is 1. The fourth-order valence-electron chi connectivity index (χ4n) is 5.44. The van der Waals surface area contributed by atoms with Crippen molar-refractivity contribution in [1.82, 2.24) is 30.4 Å². The van der Waals surface area contributed by atoms with Gasteiger partial charge in [-0.1, -0.05) is 24.6 Å². The number of aryl methyl sites for hydroxylation is 3. The van der Waals surface area contributed by atoms with Crippen molar-refractivity contribution in [2.24, 2.45) is 0 Å². The maximum absolute atomic E-state index is 14.5. The Morgan fingerprint density at radius 1 is 1.05 bits per heavy atom. The molecule has 3 unspecified atom stereocenters. The number of hydrogen-bond donors (Lipinski definition) is 4. The van der Waals surface area contributed by atoms with Gasteiger partial charge in [-0.15, -0.1) is 5.10 Å². The third kappa shape index (κ3) is 5.15. The van der Waals surface area contributed by atoms with Crippen LogP contribution in [0.25, 0.3) is 5.69 Å². The zero-order valence-corrected chi connectivity index (χ0v) is 21.8. The van der Waals surface area contributed by atoms with Crippen LogP contribution in [0.2, 0.25) is 0 Å². The van der Waals surface area contributed by atoms with Crippen LogP contribution in [0, 0.1) is 20.8 Å². The van der Waals surface area contributed by atoms with Crippen LogP contribution in [0.15, 0.2) is 36.4 Å². The molecule has 1 aliphatic rings. The molecule has 12 heteroatoms. The molecule has 1 aliphatic carbocycles. The van der Waals surface area contributed by atoms with E-state index in [1.54, 1.807) is 24.3 Å². The molecule has 0 radical (unpaired) electrons. The number of nitrogens with zero attached hydrogens (tertiary/aromatic N) is 5. The van der Waals surface area contributed by atoms with Crippen LogP contribution in [-0.2, 0) is 0 Å². The van der Waals surface area contributed by atoms with E-state index in [1.807, 2.05) is 19.9 Å². The minimum absolute atomic E-state index is 0.0204. The molecule has 1 saturated carbocycles. The Hall–Kier alpha value is -4.09. The van der Waals surface area contributed by atoms with Crippen LogP contribution in [0.4, 0.5) is 18.9 Å². The fraction of sp³-hybridized carbons (Fsp3) is 0.407. The van der Waals surface area contributed by atoms with Crippen molar-refractivity contribution < 1.29 is 23.4 Å². The molecule has 9 nitrogen and oxygen atoms in total. The number of aromatic hydroxyl groups is 2. The molecular formula is C27H30F3N7O2. The summed E-state index contributed by atoms with van der Waals surface area (Å²) in [5.74, 6) is -0.211. The molecule has 206 valence electrons. The first-order valence-corrected chi connectivity index (χ1v) is 12.8. The van der Waals surface area contributed by atoms with Crippen LogP contribution in [0.1, 0.15) is 77.3 Å². The number of nitrogens with one attached hydrogen (secondary N) is 2. The third-order valence-corrected chi connectivity index (χ3v) is 7.66. The van der Waals surface area contributed by atoms with Crippen molar-refractivity contribution in [2.45, 2.75) is 70.5 Å². The highest BCUT2D eigenvalue weighted by atomic mass is 19.4. The van der Waals surface area contributed by atoms with Crippen molar-refractivity contribution in [3.63, 3.8) is 0 Å². The summed E-state index contributed by atoms with van der Waals surface area (Å²) in [7, 11) is 0. The summed E-state index contributed by atoms with van der Waals surface area (Å²) >= 11 is 0. The van der Waals surface area contributed by atoms with Crippen LogP contribution < -0.4 is 5.32 Å². The van der Waals surface area contributed by atoms with E-state index < -0.39 is 23.7 Å². The lowest BCUT2D eigenvalue weighted by Gasteiger charge is -2.29. The number of tetrazole rings is 1. The summed E-state index contributed by atoms with van der Waals surface area (Å²) in [4.78, 5) is 0. The largest absolute Gasteiger partial charge is 0.505 e. The number of phenols is 1. The van der Waals surface area contributed by atoms with E-state index in [9.17, 15) is 23.4 Å². The maximum atomic E-state index is 14.5. The zero-order chi connectivity index (χ0) is 27.9. The number of hydrogen-bond acceptors (Lipinski definition) is 7. The van der Waals surface area contributed by atoms with Crippen molar-refractivity contribution in [3.8, 4) is 17.3 Å². The van der Waals surface area contributed by atoms with E-state index in [0.717, 1.165) is 35.1 Å². The van der Waals surface area contributed by atoms with Gasteiger partial charge in [0.05, 0.1) is 22.6 Å². The minimum Gasteiger partial charge on any atom is -0.505 e. The molecule has 0 saturated heterocycles. The number of benzene rings is 2. The summed E-state index contributed by atoms with van der Waals surface area (Å²) < 4.78 is 44.5. The highest BCUT2D eigenvalue weighted by Crippen LogP contribution is 2.47. The molecule has 0 amide bonds. The van der Waals surface area contributed by atoms with Gasteiger partial charge >= 0.3 is 6.18 Å². The fourth-order valence-corrected chi connectivity index (χ4v) is 5.44. The van der Waals surface area contributed by atoms with Gasteiger partial charge in [-0.05, 0) is 91.3 Å². The first-order chi connectivity index (χ1) is 18.5. The number of phenolic OH excluding ortho intramolecular Hbond substituents is 1. The summed E-state index contributed by atoms with van der Waals surface area (Å²) in [6, 6.07) is 7.71. The van der Waals surface area contributed by atoms with Crippen molar-refractivity contribution in [1.29, 1.82) is 0 Å². The second-order valence-corrected chi connectivity index (χ2v) is 10.2. The molecular weight excluding hydrogens is 511 g/mol. The van der Waals surface area contributed by atoms with Gasteiger partial charge < -0.3 is 15.5 Å². The van der Waals surface area contributed by atoms with E-state index in [0.29, 0.717) is 23.5 Å². The van der Waals surface area contributed by atoms with Crippen molar-refractivity contribution >= 4 is 5.69 Å². The Morgan fingerprint density at radius 3 is 2.51 bits per heavy atom. The molecule has 1 fully saturated rings. The highest BCUT2D eigenvalue weighted by Gasteiger charge is 2.45. The number of H-pyrrole nitrogens is 1. The smallest absolute Gasteiger partial charge is 0.413 e. The molecule has 0 bridgehead atoms. The first-order valence-electron chi connectivity index (χ1n) is 12.8. The second kappa shape index (κ2) is 10.2. The number of aromatic nitrogens is 6. The van der Waals surface area contributed by atoms with Crippen LogP contribution in [-0.4, -0.2) is 46.8 Å². The molecule has 2 aromatic carbocycles. The minimum atomic E-state index is -4.79. The summed E-state index contributed by atoms with van der Waals surface area (Å²) in [5, 5.41) is 42.9. The lowest BCUT2D eigenvalue weighted by molar-refractivity contribution is -0.144. The molecule has 39 heavy (non-hydrogen) atoms. The second-order valence-electron chi connectivity index (χ2n) is 10.2. The van der Waals surface area contributed by atoms with Gasteiger partial charge in [-0.2, -0.15) is 18.3 Å². The summed E-state index contributed by atoms with van der Waals surface area (Å²) in [6.45, 7) is 5.21. The Bertz CT molecular complexity index is 1470. The van der Waals surface area contributed by atoms with Crippen LogP contribution >= 0.6 is 0 Å². The zero-order valence-electron chi connectivity index (χ0n) is 21.8. The Morgan fingerprint density at radius 2 is 1.82 bits per heavy atom. The van der Waals surface area contributed by atoms with E-state index in [2.05, 4.69) is 31.0 Å². The van der Waals surface area contributed by atoms with Crippen molar-refractivity contribution in [3.05, 3.63) is 70.2 Å². The first kappa shape index (κ1) is 26.5. The summed E-state index contributed by atoms with van der Waals surface area (Å²) in [6.07, 6.45) is -1.62. The lowest BCUT2D eigenvalue weighted by atomic mass is 9.77. The molecule has 0 spiro atoms. The van der Waals surface area contributed by atoms with E-state index in [-0.39, 0.29) is 29.0 Å². The molecule has 5 rings (SSSR count). The van der Waals surface area contributed by atoms with Gasteiger partial charge in [0, 0.05) is 5.92 Å². The third-order valence-electron chi connectivity index (χ3n) is 7.66. The van der Waals surface area contributed by atoms with Crippen molar-refractivity contribution in [2.75, 3.05) is 5.32 Å². The number of rotatable bonds is 6. The maximum Gasteiger partial charge on any atom is 0.413 e. The van der Waals surface area contributed by atoms with E-state index in [4.69, 9.17) is 0 Å². The molecule has 0 aliphatic heterocycles. The Kier molecular flexibility index (Phi) is 6.96. The van der Waals surface area contributed by atoms with Crippen LogP contribution in [0.5, 0.6) is 11.6 Å². The normalized spacial score (nSPS) is 18.7. The van der Waals surface area contributed by atoms with Gasteiger partial charge in [0.15, 0.2) is 11.9 Å². The molecule has 3 atom stereocenters. The predicted molar refractivity (Wildman–Crippen MR) is 138 cm³/mol. The Balaban J connectivity index is 1.47. The van der Waals surface area contributed by atoms with Gasteiger partial charge in [-0.3, -0.25) is 0 Å². The molecule has 4 N–H and O–H groups in total. The Labute approximate surface area is 223 Å². The number of anilines is 1. The van der Waals surface area contributed by atoms with E-state index >= 15 is 0 Å². The van der Waals surface area contributed by atoms with E-state index in [1.165, 1.54) is 13.0 Å². The van der Waals surface area contributed by atoms with Gasteiger partial charge in [0.2, 0.25) is 5.88 Å². The highest BCUT2D eigenvalue weighted by molar-refractivity contribution is 5.62. The molecule has 2 aromatic heterocycles. The summed E-state index contributed by atoms with van der Waals surface area (Å²) in [5.41, 5.74) is 2.48. The molecule has 4 aromatic rings. The topological polar surface area (TPSA) is 125 Å². The monoisotopic (exact) mass is 541 g/mol. The SMILES string of the molecule is Cc1ccc(-n2nc(C)c(C(Nc3cccc(C4CCCC(c5nnn[nH]5)C4)c3O)C(F)(F)F)c2O)cc1C. The predicted octanol–water partition coefficient (Wildman–Crippen LogP) is 5.88. The average Bonchev–Trinajstić information content (AvgIpc) is 3.53. The van der Waals surface area contributed by atoms with Gasteiger partial charge in [0.25, 0.3) is 0 Å². The number of halogens is 3. The number of aromatic amines is 1. The quantitative estimate of drug-likeness (QED) is 0.225.